The Hall–Kier alpha value is -4.15. The van der Waals surface area contributed by atoms with Crippen LogP contribution in [-0.2, 0) is 6.61 Å². The van der Waals surface area contributed by atoms with Gasteiger partial charge in [0.2, 0.25) is 0 Å². The van der Waals surface area contributed by atoms with Crippen LogP contribution < -0.4 is 24.4 Å². The number of carbonyl (C=O) groups excluding carboxylic acids is 1. The van der Waals surface area contributed by atoms with Crippen molar-refractivity contribution in [2.45, 2.75) is 6.61 Å². The molecule has 0 aliphatic carbocycles. The first-order valence-corrected chi connectivity index (χ1v) is 10.6. The largest absolute Gasteiger partial charge is 0.493 e. The van der Waals surface area contributed by atoms with Crippen LogP contribution in [-0.4, -0.2) is 32.9 Å². The van der Waals surface area contributed by atoms with Gasteiger partial charge in [0.25, 0.3) is 5.91 Å². The van der Waals surface area contributed by atoms with E-state index in [1.165, 1.54) is 20.4 Å². The third-order valence-electron chi connectivity index (χ3n) is 4.59. The number of rotatable bonds is 10. The summed E-state index contributed by atoms with van der Waals surface area (Å²) in [5, 5.41) is 4.30. The number of benzene rings is 3. The summed E-state index contributed by atoms with van der Waals surface area (Å²) in [6.45, 7) is 0.435. The number of amides is 1. The van der Waals surface area contributed by atoms with Crippen LogP contribution in [0.5, 0.6) is 23.0 Å². The summed E-state index contributed by atoms with van der Waals surface area (Å²) in [7, 11) is 3.00. The fourth-order valence-electron chi connectivity index (χ4n) is 2.96. The van der Waals surface area contributed by atoms with Crippen molar-refractivity contribution >= 4 is 23.7 Å². The molecule has 0 heterocycles. The minimum atomic E-state index is -0.420. The van der Waals surface area contributed by atoms with E-state index in [1.807, 2.05) is 30.3 Å². The molecule has 3 aromatic rings. The second-order valence-electron chi connectivity index (χ2n) is 6.87. The number of nitrogens with one attached hydrogen (secondary N) is 1. The van der Waals surface area contributed by atoms with Gasteiger partial charge in [-0.15, -0.1) is 6.42 Å². The van der Waals surface area contributed by atoms with Gasteiger partial charge in [-0.1, -0.05) is 47.9 Å². The Morgan fingerprint density at radius 2 is 1.79 bits per heavy atom. The number of methoxy groups -OCH3 is 2. The van der Waals surface area contributed by atoms with Gasteiger partial charge >= 0.3 is 0 Å². The Morgan fingerprint density at radius 1 is 1.03 bits per heavy atom. The molecule has 3 aromatic carbocycles. The lowest BCUT2D eigenvalue weighted by Gasteiger charge is -2.12. The molecule has 0 aliphatic rings. The molecule has 7 nitrogen and oxygen atoms in total. The van der Waals surface area contributed by atoms with E-state index in [0.29, 0.717) is 45.8 Å². The number of halogens is 1. The fourth-order valence-corrected chi connectivity index (χ4v) is 3.24. The van der Waals surface area contributed by atoms with E-state index in [0.717, 1.165) is 5.56 Å². The Morgan fingerprint density at radius 3 is 2.50 bits per heavy atom. The monoisotopic (exact) mass is 478 g/mol. The summed E-state index contributed by atoms with van der Waals surface area (Å²) < 4.78 is 21.9. The molecule has 34 heavy (non-hydrogen) atoms. The van der Waals surface area contributed by atoms with Gasteiger partial charge in [-0.05, 0) is 41.5 Å². The Bertz CT molecular complexity index is 1210. The van der Waals surface area contributed by atoms with Crippen molar-refractivity contribution in [2.24, 2.45) is 5.10 Å². The van der Waals surface area contributed by atoms with E-state index in [-0.39, 0.29) is 6.61 Å². The Kier molecular flexibility index (Phi) is 8.78. The van der Waals surface area contributed by atoms with Crippen molar-refractivity contribution < 1.29 is 23.7 Å². The molecular weight excluding hydrogens is 456 g/mol. The number of hydrazone groups is 1. The van der Waals surface area contributed by atoms with Gasteiger partial charge in [0.15, 0.2) is 23.0 Å². The minimum absolute atomic E-state index is 0.0547. The number of hydrogen-bond acceptors (Lipinski definition) is 6. The van der Waals surface area contributed by atoms with Crippen molar-refractivity contribution in [2.75, 3.05) is 20.8 Å². The number of terminal acetylenes is 1. The summed E-state index contributed by atoms with van der Waals surface area (Å²) in [6, 6.07) is 17.9. The van der Waals surface area contributed by atoms with Gasteiger partial charge in [0.05, 0.1) is 25.5 Å². The maximum atomic E-state index is 12.5. The molecule has 1 N–H and O–H groups in total. The van der Waals surface area contributed by atoms with Crippen molar-refractivity contribution in [1.29, 1.82) is 0 Å². The molecule has 0 saturated heterocycles. The van der Waals surface area contributed by atoms with E-state index >= 15 is 0 Å². The average molecular weight is 479 g/mol. The maximum absolute atomic E-state index is 12.5. The van der Waals surface area contributed by atoms with Crippen molar-refractivity contribution in [3.63, 3.8) is 0 Å². The maximum Gasteiger partial charge on any atom is 0.271 e. The quantitative estimate of drug-likeness (QED) is 0.259. The first-order chi connectivity index (χ1) is 16.5. The minimum Gasteiger partial charge on any atom is -0.493 e. The van der Waals surface area contributed by atoms with E-state index < -0.39 is 5.91 Å². The highest BCUT2D eigenvalue weighted by molar-refractivity contribution is 6.32. The van der Waals surface area contributed by atoms with Crippen LogP contribution in [0.1, 0.15) is 21.5 Å². The summed E-state index contributed by atoms with van der Waals surface area (Å²) in [5.41, 5.74) is 4.45. The van der Waals surface area contributed by atoms with Crippen LogP contribution >= 0.6 is 11.6 Å². The van der Waals surface area contributed by atoms with Crippen LogP contribution in [0, 0.1) is 12.3 Å². The van der Waals surface area contributed by atoms with E-state index in [1.54, 1.807) is 30.3 Å². The molecule has 0 atom stereocenters. The lowest BCUT2D eigenvalue weighted by Crippen LogP contribution is -2.17. The van der Waals surface area contributed by atoms with Crippen LogP contribution in [0.4, 0.5) is 0 Å². The van der Waals surface area contributed by atoms with Gasteiger partial charge in [0, 0.05) is 5.56 Å². The highest BCUT2D eigenvalue weighted by Crippen LogP contribution is 2.36. The standard InChI is InChI=1S/C26H23ClN2O5/c1-4-12-33-25-21(27)13-19(14-24(25)32-3)16-28-29-26(30)20-10-11-22(23(15-20)31-2)34-17-18-8-6-5-7-9-18/h1,5-11,13-16H,12,17H2,2-3H3,(H,29,30)/b28-16+. The Balaban J connectivity index is 1.66. The predicted molar refractivity (Wildman–Crippen MR) is 131 cm³/mol. The van der Waals surface area contributed by atoms with Crippen molar-refractivity contribution in [3.05, 3.63) is 82.4 Å². The first kappa shape index (κ1) is 24.5. The van der Waals surface area contributed by atoms with Crippen LogP contribution in [0.3, 0.4) is 0 Å². The van der Waals surface area contributed by atoms with Gasteiger partial charge in [-0.2, -0.15) is 5.10 Å². The Labute approximate surface area is 203 Å². The second kappa shape index (κ2) is 12.2. The molecule has 0 bridgehead atoms. The van der Waals surface area contributed by atoms with Gasteiger partial charge in [-0.25, -0.2) is 5.43 Å². The molecule has 0 radical (unpaired) electrons. The van der Waals surface area contributed by atoms with Gasteiger partial charge in [-0.3, -0.25) is 4.79 Å². The molecular formula is C26H23ClN2O5. The molecule has 0 aromatic heterocycles. The molecule has 1 amide bonds. The zero-order valence-corrected chi connectivity index (χ0v) is 19.5. The van der Waals surface area contributed by atoms with E-state index in [4.69, 9.17) is 37.0 Å². The highest BCUT2D eigenvalue weighted by atomic mass is 35.5. The molecule has 3 rings (SSSR count). The third-order valence-corrected chi connectivity index (χ3v) is 4.88. The molecule has 0 unspecified atom stereocenters. The zero-order valence-electron chi connectivity index (χ0n) is 18.7. The van der Waals surface area contributed by atoms with Crippen molar-refractivity contribution in [1.82, 2.24) is 5.43 Å². The number of hydrogen-bond donors (Lipinski definition) is 1. The summed E-state index contributed by atoms with van der Waals surface area (Å²) in [5.74, 6) is 3.65. The molecule has 174 valence electrons. The smallest absolute Gasteiger partial charge is 0.271 e. The van der Waals surface area contributed by atoms with Gasteiger partial charge < -0.3 is 18.9 Å². The predicted octanol–water partition coefficient (Wildman–Crippen LogP) is 4.71. The zero-order chi connectivity index (χ0) is 24.3. The first-order valence-electron chi connectivity index (χ1n) is 10.2. The molecule has 0 saturated carbocycles. The number of nitrogens with zero attached hydrogens (tertiary/aromatic N) is 1. The van der Waals surface area contributed by atoms with E-state index in [9.17, 15) is 4.79 Å². The number of carbonyl (C=O) groups is 1. The lowest BCUT2D eigenvalue weighted by atomic mass is 10.2. The van der Waals surface area contributed by atoms with Crippen molar-refractivity contribution in [3.8, 4) is 35.3 Å². The summed E-state index contributed by atoms with van der Waals surface area (Å²) in [6.07, 6.45) is 6.66. The SMILES string of the molecule is C#CCOc1c(Cl)cc(/C=N/NC(=O)c2ccc(OCc3ccccc3)c(OC)c2)cc1OC. The third kappa shape index (κ3) is 6.44. The topological polar surface area (TPSA) is 78.4 Å². The molecule has 0 spiro atoms. The second-order valence-corrected chi connectivity index (χ2v) is 7.27. The molecule has 0 fully saturated rings. The fraction of sp³-hybridized carbons (Fsp3) is 0.154. The van der Waals surface area contributed by atoms with Crippen LogP contribution in [0.25, 0.3) is 0 Å². The molecule has 8 heteroatoms. The normalized spacial score (nSPS) is 10.4. The lowest BCUT2D eigenvalue weighted by molar-refractivity contribution is 0.0954. The van der Waals surface area contributed by atoms with E-state index in [2.05, 4.69) is 16.4 Å². The average Bonchev–Trinajstić information content (AvgIpc) is 2.87. The van der Waals surface area contributed by atoms with Crippen LogP contribution in [0.2, 0.25) is 5.02 Å². The van der Waals surface area contributed by atoms with Gasteiger partial charge in [0.1, 0.15) is 13.2 Å². The highest BCUT2D eigenvalue weighted by Gasteiger charge is 2.13. The molecule has 0 aliphatic heterocycles. The van der Waals surface area contributed by atoms with Crippen LogP contribution in [0.15, 0.2) is 65.8 Å². The number of ether oxygens (including phenoxy) is 4. The summed E-state index contributed by atoms with van der Waals surface area (Å²) in [4.78, 5) is 12.5. The summed E-state index contributed by atoms with van der Waals surface area (Å²) >= 11 is 6.25.